The van der Waals surface area contributed by atoms with Gasteiger partial charge in [-0.25, -0.2) is 4.79 Å². The van der Waals surface area contributed by atoms with E-state index >= 15 is 0 Å². The summed E-state index contributed by atoms with van der Waals surface area (Å²) in [6.45, 7) is 1.71. The van der Waals surface area contributed by atoms with Crippen molar-refractivity contribution in [3.8, 4) is 11.5 Å². The molecule has 0 aliphatic heterocycles. The van der Waals surface area contributed by atoms with Crippen molar-refractivity contribution in [1.29, 1.82) is 0 Å². The Hall–Kier alpha value is -3.06. The third-order valence-corrected chi connectivity index (χ3v) is 4.12. The van der Waals surface area contributed by atoms with Gasteiger partial charge in [0.15, 0.2) is 11.5 Å². The topological polar surface area (TPSA) is 105 Å². The number of benzene rings is 2. The van der Waals surface area contributed by atoms with Crippen molar-refractivity contribution in [2.75, 3.05) is 13.7 Å². The van der Waals surface area contributed by atoms with Gasteiger partial charge < -0.3 is 19.7 Å². The maximum absolute atomic E-state index is 12.2. The summed E-state index contributed by atoms with van der Waals surface area (Å²) < 4.78 is 10.5. The lowest BCUT2D eigenvalue weighted by atomic mass is 9.94. The number of nitrogens with one attached hydrogen (secondary N) is 1. The minimum Gasteiger partial charge on any atom is -0.504 e. The van der Waals surface area contributed by atoms with Crippen molar-refractivity contribution in [2.45, 2.75) is 19.4 Å². The molecule has 0 heterocycles. The van der Waals surface area contributed by atoms with Gasteiger partial charge >= 0.3 is 6.09 Å². The molecule has 7 heteroatoms. The summed E-state index contributed by atoms with van der Waals surface area (Å²) in [5.41, 5.74) is 0.855. The Morgan fingerprint density at radius 3 is 2.44 bits per heavy atom. The number of ether oxygens (including phenoxy) is 2. The molecule has 0 aliphatic rings. The molecule has 0 fully saturated rings. The van der Waals surface area contributed by atoms with Gasteiger partial charge in [-0.3, -0.25) is 10.1 Å². The monoisotopic (exact) mass is 373 g/mol. The summed E-state index contributed by atoms with van der Waals surface area (Å²) in [5.74, 6) is -0.635. The van der Waals surface area contributed by atoms with Crippen LogP contribution in [-0.4, -0.2) is 35.9 Å². The Balaban J connectivity index is 2.15. The second kappa shape index (κ2) is 9.59. The summed E-state index contributed by atoms with van der Waals surface area (Å²) in [6.07, 6.45) is -1.30. The molecule has 0 aromatic heterocycles. The fourth-order valence-electron chi connectivity index (χ4n) is 2.65. The number of alkyl carbamates (subject to hydrolysis) is 1. The molecule has 0 radical (unpaired) electrons. The van der Waals surface area contributed by atoms with Gasteiger partial charge in [0.25, 0.3) is 5.91 Å². The first kappa shape index (κ1) is 20.3. The Morgan fingerprint density at radius 2 is 1.85 bits per heavy atom. The number of hydrogen-bond donors (Lipinski definition) is 3. The first-order chi connectivity index (χ1) is 13.0. The summed E-state index contributed by atoms with van der Waals surface area (Å²) in [5, 5.41) is 21.4. The number of aliphatic hydroxyl groups excluding tert-OH is 1. The van der Waals surface area contributed by atoms with Crippen LogP contribution in [0.25, 0.3) is 0 Å². The minimum absolute atomic E-state index is 0.0896. The molecule has 0 saturated heterocycles. The first-order valence-corrected chi connectivity index (χ1v) is 8.51. The molecule has 27 heavy (non-hydrogen) atoms. The van der Waals surface area contributed by atoms with Gasteiger partial charge in [0, 0.05) is 12.2 Å². The van der Waals surface area contributed by atoms with Crippen LogP contribution in [0.2, 0.25) is 0 Å². The Bertz CT molecular complexity index is 777. The van der Waals surface area contributed by atoms with E-state index in [9.17, 15) is 19.8 Å². The third kappa shape index (κ3) is 5.46. The van der Waals surface area contributed by atoms with Gasteiger partial charge in [-0.1, -0.05) is 31.2 Å². The van der Waals surface area contributed by atoms with E-state index < -0.39 is 18.1 Å². The number of aromatic hydroxyl groups is 1. The summed E-state index contributed by atoms with van der Waals surface area (Å²) in [4.78, 5) is 24.3. The zero-order valence-corrected chi connectivity index (χ0v) is 15.2. The molecule has 2 amide bonds. The minimum atomic E-state index is -0.908. The van der Waals surface area contributed by atoms with Crippen LogP contribution < -0.4 is 10.1 Å². The van der Waals surface area contributed by atoms with E-state index in [2.05, 4.69) is 5.32 Å². The van der Waals surface area contributed by atoms with Crippen LogP contribution >= 0.6 is 0 Å². The largest absolute Gasteiger partial charge is 0.504 e. The van der Waals surface area contributed by atoms with E-state index in [1.165, 1.54) is 13.2 Å². The van der Waals surface area contributed by atoms with Crippen LogP contribution in [0.4, 0.5) is 4.79 Å². The highest BCUT2D eigenvalue weighted by atomic mass is 16.6. The first-order valence-electron chi connectivity index (χ1n) is 8.51. The number of hydrogen-bond acceptors (Lipinski definition) is 6. The molecule has 3 N–H and O–H groups in total. The standard InChI is InChI=1S/C20H23NO6/c1-13(10-11-22)18(15-8-9-17(26-2)16(23)12-15)27-20(25)21-19(24)14-6-4-3-5-7-14/h3-9,12-13,18,22-23H,10-11H2,1-2H3,(H,21,24,25)/t13-,18+/m0/s1. The number of phenols is 1. The Kier molecular flexibility index (Phi) is 7.19. The molecule has 7 nitrogen and oxygen atoms in total. The third-order valence-electron chi connectivity index (χ3n) is 4.12. The van der Waals surface area contributed by atoms with Crippen LogP contribution in [0.3, 0.4) is 0 Å². The maximum Gasteiger partial charge on any atom is 0.414 e. The number of amides is 2. The quantitative estimate of drug-likeness (QED) is 0.689. The smallest absolute Gasteiger partial charge is 0.414 e. The van der Waals surface area contributed by atoms with Crippen LogP contribution in [0.15, 0.2) is 48.5 Å². The Morgan fingerprint density at radius 1 is 1.15 bits per heavy atom. The molecule has 0 aliphatic carbocycles. The molecule has 144 valence electrons. The van der Waals surface area contributed by atoms with Gasteiger partial charge in [0.05, 0.1) is 7.11 Å². The number of carbonyl (C=O) groups is 2. The van der Waals surface area contributed by atoms with Crippen molar-refractivity contribution in [1.82, 2.24) is 5.32 Å². The normalized spacial score (nSPS) is 12.7. The van der Waals surface area contributed by atoms with Crippen molar-refractivity contribution in [2.24, 2.45) is 5.92 Å². The molecule has 2 rings (SSSR count). The van der Waals surface area contributed by atoms with Gasteiger partial charge in [0.1, 0.15) is 6.10 Å². The summed E-state index contributed by atoms with van der Waals surface area (Å²) in [7, 11) is 1.43. The second-order valence-corrected chi connectivity index (χ2v) is 6.07. The molecule has 0 spiro atoms. The number of carbonyl (C=O) groups excluding carboxylic acids is 2. The number of imide groups is 1. The van der Waals surface area contributed by atoms with Gasteiger partial charge in [0.2, 0.25) is 0 Å². The van der Waals surface area contributed by atoms with E-state index in [0.717, 1.165) is 0 Å². The van der Waals surface area contributed by atoms with E-state index in [0.29, 0.717) is 17.5 Å². The van der Waals surface area contributed by atoms with Crippen LogP contribution in [0.5, 0.6) is 11.5 Å². The predicted molar refractivity (Wildman–Crippen MR) is 98.7 cm³/mol. The molecule has 0 saturated carbocycles. The van der Waals surface area contributed by atoms with Crippen LogP contribution in [-0.2, 0) is 4.74 Å². The van der Waals surface area contributed by atoms with Crippen molar-refractivity contribution >= 4 is 12.0 Å². The SMILES string of the molecule is COc1ccc([C@H](OC(=O)NC(=O)c2ccccc2)[C@@H](C)CCO)cc1O. The molecular formula is C20H23NO6. The van der Waals surface area contributed by atoms with Crippen molar-refractivity contribution in [3.05, 3.63) is 59.7 Å². The predicted octanol–water partition coefficient (Wildman–Crippen LogP) is 3.03. The maximum atomic E-state index is 12.2. The average Bonchev–Trinajstić information content (AvgIpc) is 2.66. The number of rotatable bonds is 7. The molecule has 0 unspecified atom stereocenters. The fourth-order valence-corrected chi connectivity index (χ4v) is 2.65. The summed E-state index contributed by atoms with van der Waals surface area (Å²) >= 11 is 0. The lowest BCUT2D eigenvalue weighted by molar-refractivity contribution is 0.0544. The molecule has 2 atom stereocenters. The van der Waals surface area contributed by atoms with Gasteiger partial charge in [-0.05, 0) is 42.2 Å². The molecular weight excluding hydrogens is 350 g/mol. The summed E-state index contributed by atoms with van der Waals surface area (Å²) in [6, 6.07) is 12.9. The second-order valence-electron chi connectivity index (χ2n) is 6.07. The van der Waals surface area contributed by atoms with Gasteiger partial charge in [-0.2, -0.15) is 0 Å². The average molecular weight is 373 g/mol. The number of phenolic OH excluding ortho intramolecular Hbond substituents is 1. The lowest BCUT2D eigenvalue weighted by Gasteiger charge is -2.24. The zero-order chi connectivity index (χ0) is 19.8. The highest BCUT2D eigenvalue weighted by Gasteiger charge is 2.25. The van der Waals surface area contributed by atoms with E-state index in [4.69, 9.17) is 9.47 Å². The van der Waals surface area contributed by atoms with Gasteiger partial charge in [-0.15, -0.1) is 0 Å². The number of aliphatic hydroxyl groups is 1. The Labute approximate surface area is 157 Å². The molecule has 0 bridgehead atoms. The van der Waals surface area contributed by atoms with Crippen LogP contribution in [0, 0.1) is 5.92 Å². The van der Waals surface area contributed by atoms with Crippen molar-refractivity contribution < 1.29 is 29.3 Å². The highest BCUT2D eigenvalue weighted by Crippen LogP contribution is 2.34. The number of methoxy groups -OCH3 is 1. The van der Waals surface area contributed by atoms with E-state index in [1.807, 2.05) is 0 Å². The fraction of sp³-hybridized carbons (Fsp3) is 0.300. The highest BCUT2D eigenvalue weighted by molar-refractivity contribution is 6.02. The molecule has 2 aromatic carbocycles. The lowest BCUT2D eigenvalue weighted by Crippen LogP contribution is -2.33. The van der Waals surface area contributed by atoms with E-state index in [-0.39, 0.29) is 24.0 Å². The molecule has 2 aromatic rings. The zero-order valence-electron chi connectivity index (χ0n) is 15.2. The van der Waals surface area contributed by atoms with E-state index in [1.54, 1.807) is 49.4 Å². The van der Waals surface area contributed by atoms with Crippen LogP contribution in [0.1, 0.15) is 35.4 Å². The van der Waals surface area contributed by atoms with Crippen molar-refractivity contribution in [3.63, 3.8) is 0 Å².